The summed E-state index contributed by atoms with van der Waals surface area (Å²) in [6.45, 7) is 1.43. The number of nitrogens with one attached hydrogen (secondary N) is 1. The van der Waals surface area contributed by atoms with Crippen LogP contribution < -0.4 is 16.8 Å². The summed E-state index contributed by atoms with van der Waals surface area (Å²) in [5, 5.41) is 2.53. The molecule has 0 saturated heterocycles. The Hall–Kier alpha value is -0.770. The molecule has 2 amide bonds. The minimum atomic E-state index is -0.441. The first kappa shape index (κ1) is 10.2. The standard InChI is InChI=1S/C7H17N3O/c8-5-3-1-2-4-6-10-7(9)11/h1-6,8H2,(H3,9,10,11). The molecule has 0 atom stereocenters. The molecule has 0 bridgehead atoms. The SMILES string of the molecule is NCCCCCCNC(N)=O. The van der Waals surface area contributed by atoms with Crippen LogP contribution in [0.3, 0.4) is 0 Å². The molecule has 0 aromatic carbocycles. The van der Waals surface area contributed by atoms with Crippen LogP contribution in [0, 0.1) is 0 Å². The zero-order valence-corrected chi connectivity index (χ0v) is 6.81. The van der Waals surface area contributed by atoms with E-state index in [1.165, 1.54) is 0 Å². The van der Waals surface area contributed by atoms with Gasteiger partial charge in [-0.05, 0) is 19.4 Å². The maximum absolute atomic E-state index is 10.2. The summed E-state index contributed by atoms with van der Waals surface area (Å²) in [5.74, 6) is 0. The van der Waals surface area contributed by atoms with Crippen molar-refractivity contribution in [2.45, 2.75) is 25.7 Å². The number of carbonyl (C=O) groups excluding carboxylic acids is 1. The maximum Gasteiger partial charge on any atom is 0.312 e. The molecule has 0 fully saturated rings. The Bertz CT molecular complexity index is 106. The summed E-state index contributed by atoms with van der Waals surface area (Å²) in [7, 11) is 0. The van der Waals surface area contributed by atoms with Crippen LogP contribution in [0.25, 0.3) is 0 Å². The van der Waals surface area contributed by atoms with E-state index in [1.807, 2.05) is 0 Å². The normalized spacial score (nSPS) is 9.55. The van der Waals surface area contributed by atoms with Gasteiger partial charge in [0.2, 0.25) is 0 Å². The second-order valence-electron chi connectivity index (χ2n) is 2.49. The Morgan fingerprint density at radius 3 is 2.36 bits per heavy atom. The van der Waals surface area contributed by atoms with Crippen LogP contribution in [0.5, 0.6) is 0 Å². The number of carbonyl (C=O) groups is 1. The molecule has 66 valence electrons. The van der Waals surface area contributed by atoms with Gasteiger partial charge in [0.1, 0.15) is 0 Å². The van der Waals surface area contributed by atoms with E-state index in [4.69, 9.17) is 11.5 Å². The van der Waals surface area contributed by atoms with E-state index in [-0.39, 0.29) is 0 Å². The lowest BCUT2D eigenvalue weighted by atomic mass is 10.2. The number of urea groups is 1. The van der Waals surface area contributed by atoms with E-state index in [0.717, 1.165) is 32.2 Å². The number of rotatable bonds is 6. The zero-order chi connectivity index (χ0) is 8.53. The van der Waals surface area contributed by atoms with Crippen LogP contribution in [0.1, 0.15) is 25.7 Å². The van der Waals surface area contributed by atoms with Gasteiger partial charge in [0.25, 0.3) is 0 Å². The average molecular weight is 159 g/mol. The highest BCUT2D eigenvalue weighted by molar-refractivity contribution is 5.71. The zero-order valence-electron chi connectivity index (χ0n) is 6.81. The van der Waals surface area contributed by atoms with E-state index in [2.05, 4.69) is 5.32 Å². The number of amides is 2. The van der Waals surface area contributed by atoms with Gasteiger partial charge in [0.15, 0.2) is 0 Å². The fourth-order valence-corrected chi connectivity index (χ4v) is 0.834. The molecule has 4 heteroatoms. The van der Waals surface area contributed by atoms with Gasteiger partial charge in [0.05, 0.1) is 0 Å². The molecule has 5 N–H and O–H groups in total. The van der Waals surface area contributed by atoms with Gasteiger partial charge in [-0.25, -0.2) is 4.79 Å². The molecule has 11 heavy (non-hydrogen) atoms. The van der Waals surface area contributed by atoms with E-state index >= 15 is 0 Å². The molecule has 0 aliphatic heterocycles. The van der Waals surface area contributed by atoms with Crippen LogP contribution in [-0.4, -0.2) is 19.1 Å². The molecule has 0 radical (unpaired) electrons. The van der Waals surface area contributed by atoms with Crippen LogP contribution in [0.2, 0.25) is 0 Å². The van der Waals surface area contributed by atoms with Gasteiger partial charge < -0.3 is 16.8 Å². The summed E-state index contributed by atoms with van der Waals surface area (Å²) in [6, 6.07) is -0.441. The molecular weight excluding hydrogens is 142 g/mol. The molecule has 4 nitrogen and oxygen atoms in total. The minimum absolute atomic E-state index is 0.441. The second kappa shape index (κ2) is 7.34. The predicted octanol–water partition coefficient (Wildman–Crippen LogP) is 0.174. The number of primary amides is 1. The fourth-order valence-electron chi connectivity index (χ4n) is 0.834. The molecular formula is C7H17N3O. The van der Waals surface area contributed by atoms with Crippen molar-refractivity contribution >= 4 is 6.03 Å². The lowest BCUT2D eigenvalue weighted by molar-refractivity contribution is 0.248. The van der Waals surface area contributed by atoms with Crippen molar-refractivity contribution in [3.8, 4) is 0 Å². The molecule has 0 aliphatic carbocycles. The molecule has 0 heterocycles. The third-order valence-electron chi connectivity index (χ3n) is 1.43. The number of nitrogens with two attached hydrogens (primary N) is 2. The first-order valence-electron chi connectivity index (χ1n) is 4.00. The quantitative estimate of drug-likeness (QED) is 0.483. The Labute approximate surface area is 67.3 Å². The Balaban J connectivity index is 2.85. The van der Waals surface area contributed by atoms with Crippen molar-refractivity contribution < 1.29 is 4.79 Å². The van der Waals surface area contributed by atoms with Gasteiger partial charge in [0, 0.05) is 6.54 Å². The van der Waals surface area contributed by atoms with Crippen molar-refractivity contribution in [1.29, 1.82) is 0 Å². The van der Waals surface area contributed by atoms with E-state index in [9.17, 15) is 4.79 Å². The number of hydrogen-bond donors (Lipinski definition) is 3. The molecule has 0 saturated carbocycles. The minimum Gasteiger partial charge on any atom is -0.352 e. The van der Waals surface area contributed by atoms with E-state index < -0.39 is 6.03 Å². The third kappa shape index (κ3) is 9.23. The maximum atomic E-state index is 10.2. The first-order chi connectivity index (χ1) is 5.27. The van der Waals surface area contributed by atoms with Crippen LogP contribution >= 0.6 is 0 Å². The summed E-state index contributed by atoms with van der Waals surface area (Å²) in [6.07, 6.45) is 4.30. The topological polar surface area (TPSA) is 81.1 Å². The van der Waals surface area contributed by atoms with Crippen molar-refractivity contribution in [2.75, 3.05) is 13.1 Å². The van der Waals surface area contributed by atoms with Crippen molar-refractivity contribution in [3.63, 3.8) is 0 Å². The Morgan fingerprint density at radius 1 is 1.18 bits per heavy atom. The Kier molecular flexibility index (Phi) is 6.82. The summed E-state index contributed by atoms with van der Waals surface area (Å²) in [5.41, 5.74) is 10.2. The van der Waals surface area contributed by atoms with Gasteiger partial charge in [-0.3, -0.25) is 0 Å². The Morgan fingerprint density at radius 2 is 1.82 bits per heavy atom. The van der Waals surface area contributed by atoms with Gasteiger partial charge in [-0.2, -0.15) is 0 Å². The highest BCUT2D eigenvalue weighted by Gasteiger charge is 1.90. The molecule has 0 aliphatic rings. The lowest BCUT2D eigenvalue weighted by Crippen LogP contribution is -2.29. The van der Waals surface area contributed by atoms with Gasteiger partial charge in [-0.1, -0.05) is 12.8 Å². The van der Waals surface area contributed by atoms with Crippen molar-refractivity contribution in [2.24, 2.45) is 11.5 Å². The summed E-state index contributed by atoms with van der Waals surface area (Å²) < 4.78 is 0. The van der Waals surface area contributed by atoms with Crippen molar-refractivity contribution in [1.82, 2.24) is 5.32 Å². The largest absolute Gasteiger partial charge is 0.352 e. The molecule has 0 rings (SSSR count). The molecule has 0 spiro atoms. The van der Waals surface area contributed by atoms with Gasteiger partial charge in [-0.15, -0.1) is 0 Å². The first-order valence-corrected chi connectivity index (χ1v) is 4.00. The molecule has 0 unspecified atom stereocenters. The van der Waals surface area contributed by atoms with Crippen LogP contribution in [-0.2, 0) is 0 Å². The highest BCUT2D eigenvalue weighted by Crippen LogP contribution is 1.96. The number of unbranched alkanes of at least 4 members (excludes halogenated alkanes) is 3. The van der Waals surface area contributed by atoms with Crippen LogP contribution in [0.15, 0.2) is 0 Å². The number of hydrogen-bond acceptors (Lipinski definition) is 2. The second-order valence-corrected chi connectivity index (χ2v) is 2.49. The smallest absolute Gasteiger partial charge is 0.312 e. The summed E-state index contributed by atoms with van der Waals surface area (Å²) >= 11 is 0. The predicted molar refractivity (Wildman–Crippen MR) is 45.1 cm³/mol. The third-order valence-corrected chi connectivity index (χ3v) is 1.43. The van der Waals surface area contributed by atoms with Crippen LogP contribution in [0.4, 0.5) is 4.79 Å². The fraction of sp³-hybridized carbons (Fsp3) is 0.857. The van der Waals surface area contributed by atoms with E-state index in [0.29, 0.717) is 6.54 Å². The van der Waals surface area contributed by atoms with E-state index in [1.54, 1.807) is 0 Å². The average Bonchev–Trinajstić information content (AvgIpc) is 1.96. The monoisotopic (exact) mass is 159 g/mol. The highest BCUT2D eigenvalue weighted by atomic mass is 16.2. The van der Waals surface area contributed by atoms with Crippen molar-refractivity contribution in [3.05, 3.63) is 0 Å². The lowest BCUT2D eigenvalue weighted by Gasteiger charge is -2.00. The molecule has 0 aromatic rings. The van der Waals surface area contributed by atoms with Gasteiger partial charge >= 0.3 is 6.03 Å². The molecule has 0 aromatic heterocycles. The summed E-state index contributed by atoms with van der Waals surface area (Å²) in [4.78, 5) is 10.2.